The average molecular weight is 260 g/mol. The van der Waals surface area contributed by atoms with Gasteiger partial charge in [0, 0.05) is 31.6 Å². The van der Waals surface area contributed by atoms with Gasteiger partial charge in [-0.3, -0.25) is 0 Å². The molecule has 1 N–H and O–H groups in total. The fourth-order valence-corrected chi connectivity index (χ4v) is 2.72. The number of aromatic nitrogens is 2. The lowest BCUT2D eigenvalue weighted by molar-refractivity contribution is 0.418. The average Bonchev–Trinajstić information content (AvgIpc) is 3.14. The molecule has 1 aromatic rings. The van der Waals surface area contributed by atoms with Crippen LogP contribution < -0.4 is 10.2 Å². The summed E-state index contributed by atoms with van der Waals surface area (Å²) in [5.41, 5.74) is 0.406. The van der Waals surface area contributed by atoms with Crippen LogP contribution >= 0.6 is 0 Å². The Bertz CT molecular complexity index is 465. The number of nitrogens with zero attached hydrogens (tertiary/aromatic N) is 3. The maximum atomic E-state index is 4.80. The van der Waals surface area contributed by atoms with E-state index in [1.807, 2.05) is 0 Å². The van der Waals surface area contributed by atoms with Crippen LogP contribution in [0.25, 0.3) is 0 Å². The summed E-state index contributed by atoms with van der Waals surface area (Å²) in [5.74, 6) is 3.74. The first-order valence-electron chi connectivity index (χ1n) is 7.45. The van der Waals surface area contributed by atoms with Crippen LogP contribution in [0, 0.1) is 5.41 Å². The molecule has 0 aromatic carbocycles. The topological polar surface area (TPSA) is 41.0 Å². The summed E-state index contributed by atoms with van der Waals surface area (Å²) in [6.07, 6.45) is 3.74. The standard InChI is InChI=1S/C15H24N4/c1-4-16-12-9-13(18-14(17-12)11-5-6-11)19-8-7-15(2,3)10-19/h9,11H,4-8,10H2,1-3H3,(H,16,17,18). The van der Waals surface area contributed by atoms with E-state index in [0.717, 1.165) is 37.1 Å². The molecule has 1 aliphatic heterocycles. The molecule has 0 amide bonds. The van der Waals surface area contributed by atoms with Crippen LogP contribution in [-0.2, 0) is 0 Å². The van der Waals surface area contributed by atoms with E-state index in [9.17, 15) is 0 Å². The fourth-order valence-electron chi connectivity index (χ4n) is 2.72. The van der Waals surface area contributed by atoms with Gasteiger partial charge in [-0.2, -0.15) is 0 Å². The monoisotopic (exact) mass is 260 g/mol. The van der Waals surface area contributed by atoms with E-state index in [0.29, 0.717) is 11.3 Å². The molecule has 104 valence electrons. The lowest BCUT2D eigenvalue weighted by Gasteiger charge is -2.21. The first-order valence-corrected chi connectivity index (χ1v) is 7.45. The Balaban J connectivity index is 1.87. The molecule has 0 spiro atoms. The van der Waals surface area contributed by atoms with Crippen molar-refractivity contribution in [2.45, 2.75) is 46.0 Å². The molecule has 0 unspecified atom stereocenters. The molecule has 4 heteroatoms. The van der Waals surface area contributed by atoms with Crippen molar-refractivity contribution >= 4 is 11.6 Å². The smallest absolute Gasteiger partial charge is 0.136 e. The highest BCUT2D eigenvalue weighted by Gasteiger charge is 2.32. The van der Waals surface area contributed by atoms with Gasteiger partial charge < -0.3 is 10.2 Å². The van der Waals surface area contributed by atoms with E-state index in [4.69, 9.17) is 4.98 Å². The molecule has 19 heavy (non-hydrogen) atoms. The maximum Gasteiger partial charge on any atom is 0.136 e. The number of rotatable bonds is 4. The SMILES string of the molecule is CCNc1cc(N2CCC(C)(C)C2)nc(C2CC2)n1. The largest absolute Gasteiger partial charge is 0.370 e. The summed E-state index contributed by atoms with van der Waals surface area (Å²) in [6, 6.07) is 2.11. The van der Waals surface area contributed by atoms with Crippen LogP contribution in [0.5, 0.6) is 0 Å². The van der Waals surface area contributed by atoms with Crippen molar-refractivity contribution in [2.24, 2.45) is 5.41 Å². The molecule has 3 rings (SSSR count). The summed E-state index contributed by atoms with van der Waals surface area (Å²) in [5, 5.41) is 3.34. The fraction of sp³-hybridized carbons (Fsp3) is 0.733. The van der Waals surface area contributed by atoms with E-state index in [-0.39, 0.29) is 0 Å². The summed E-state index contributed by atoms with van der Waals surface area (Å²) in [7, 11) is 0. The zero-order chi connectivity index (χ0) is 13.5. The summed E-state index contributed by atoms with van der Waals surface area (Å²) >= 11 is 0. The van der Waals surface area contributed by atoms with Crippen LogP contribution in [-0.4, -0.2) is 29.6 Å². The predicted octanol–water partition coefficient (Wildman–Crippen LogP) is 3.02. The van der Waals surface area contributed by atoms with Gasteiger partial charge in [-0.25, -0.2) is 9.97 Å². The highest BCUT2D eigenvalue weighted by molar-refractivity contribution is 5.51. The molecule has 0 radical (unpaired) electrons. The molecular weight excluding hydrogens is 236 g/mol. The van der Waals surface area contributed by atoms with Crippen molar-refractivity contribution in [3.8, 4) is 0 Å². The molecule has 0 atom stereocenters. The van der Waals surface area contributed by atoms with Gasteiger partial charge in [0.15, 0.2) is 0 Å². The summed E-state index contributed by atoms with van der Waals surface area (Å²) in [6.45, 7) is 9.89. The molecular formula is C15H24N4. The minimum absolute atomic E-state index is 0.406. The van der Waals surface area contributed by atoms with Crippen molar-refractivity contribution in [1.29, 1.82) is 0 Å². The third kappa shape index (κ3) is 2.82. The Morgan fingerprint density at radius 1 is 1.37 bits per heavy atom. The van der Waals surface area contributed by atoms with E-state index >= 15 is 0 Å². The van der Waals surface area contributed by atoms with E-state index < -0.39 is 0 Å². The molecule has 2 heterocycles. The van der Waals surface area contributed by atoms with Crippen LogP contribution in [0.4, 0.5) is 11.6 Å². The molecule has 1 saturated carbocycles. The minimum Gasteiger partial charge on any atom is -0.370 e. The number of hydrogen-bond acceptors (Lipinski definition) is 4. The second-order valence-corrected chi connectivity index (χ2v) is 6.61. The molecule has 2 aliphatic rings. The van der Waals surface area contributed by atoms with Gasteiger partial charge in [0.1, 0.15) is 17.5 Å². The number of hydrogen-bond donors (Lipinski definition) is 1. The maximum absolute atomic E-state index is 4.80. The van der Waals surface area contributed by atoms with Crippen molar-refractivity contribution in [3.63, 3.8) is 0 Å². The van der Waals surface area contributed by atoms with Crippen molar-refractivity contribution in [1.82, 2.24) is 9.97 Å². The zero-order valence-corrected chi connectivity index (χ0v) is 12.2. The van der Waals surface area contributed by atoms with Gasteiger partial charge in [0.25, 0.3) is 0 Å². The second-order valence-electron chi connectivity index (χ2n) is 6.61. The number of anilines is 2. The Morgan fingerprint density at radius 3 is 2.74 bits per heavy atom. The third-order valence-electron chi connectivity index (χ3n) is 4.03. The van der Waals surface area contributed by atoms with Crippen molar-refractivity contribution in [2.75, 3.05) is 29.9 Å². The van der Waals surface area contributed by atoms with E-state index in [1.54, 1.807) is 0 Å². The zero-order valence-electron chi connectivity index (χ0n) is 12.2. The Hall–Kier alpha value is -1.32. The normalized spacial score (nSPS) is 21.7. The van der Waals surface area contributed by atoms with E-state index in [1.165, 1.54) is 19.3 Å². The molecule has 0 bridgehead atoms. The number of nitrogens with one attached hydrogen (secondary N) is 1. The third-order valence-corrected chi connectivity index (χ3v) is 4.03. The van der Waals surface area contributed by atoms with Crippen LogP contribution in [0.3, 0.4) is 0 Å². The Morgan fingerprint density at radius 2 is 2.16 bits per heavy atom. The second kappa shape index (κ2) is 4.66. The van der Waals surface area contributed by atoms with Crippen LogP contribution in [0.15, 0.2) is 6.07 Å². The predicted molar refractivity (Wildman–Crippen MR) is 78.8 cm³/mol. The Labute approximate surface area is 115 Å². The summed E-state index contributed by atoms with van der Waals surface area (Å²) < 4.78 is 0. The van der Waals surface area contributed by atoms with Crippen molar-refractivity contribution in [3.05, 3.63) is 11.9 Å². The summed E-state index contributed by atoms with van der Waals surface area (Å²) in [4.78, 5) is 11.9. The van der Waals surface area contributed by atoms with Crippen LogP contribution in [0.1, 0.15) is 51.8 Å². The minimum atomic E-state index is 0.406. The lowest BCUT2D eigenvalue weighted by Crippen LogP contribution is -2.24. The van der Waals surface area contributed by atoms with Crippen LogP contribution in [0.2, 0.25) is 0 Å². The van der Waals surface area contributed by atoms with Gasteiger partial charge in [0.05, 0.1) is 0 Å². The van der Waals surface area contributed by atoms with Gasteiger partial charge in [-0.1, -0.05) is 13.8 Å². The molecule has 2 fully saturated rings. The molecule has 4 nitrogen and oxygen atoms in total. The van der Waals surface area contributed by atoms with Crippen molar-refractivity contribution < 1.29 is 0 Å². The first kappa shape index (κ1) is 12.7. The van der Waals surface area contributed by atoms with E-state index in [2.05, 4.69) is 42.0 Å². The highest BCUT2D eigenvalue weighted by atomic mass is 15.2. The Kier molecular flexibility index (Phi) is 3.11. The first-order chi connectivity index (χ1) is 9.07. The lowest BCUT2D eigenvalue weighted by atomic mass is 9.93. The molecule has 1 saturated heterocycles. The van der Waals surface area contributed by atoms with Gasteiger partial charge in [-0.05, 0) is 31.6 Å². The molecule has 1 aliphatic carbocycles. The quantitative estimate of drug-likeness (QED) is 0.903. The highest BCUT2D eigenvalue weighted by Crippen LogP contribution is 2.40. The molecule has 1 aromatic heterocycles. The van der Waals surface area contributed by atoms with Gasteiger partial charge in [-0.15, -0.1) is 0 Å². The van der Waals surface area contributed by atoms with Gasteiger partial charge in [0.2, 0.25) is 0 Å². The van der Waals surface area contributed by atoms with Gasteiger partial charge >= 0.3 is 0 Å².